The van der Waals surface area contributed by atoms with E-state index in [1.54, 1.807) is 19.5 Å². The number of nitrogens with zero attached hydrogens (tertiary/aromatic N) is 2. The van der Waals surface area contributed by atoms with Gasteiger partial charge in [0.2, 0.25) is 5.91 Å². The van der Waals surface area contributed by atoms with Gasteiger partial charge in [-0.1, -0.05) is 12.1 Å². The van der Waals surface area contributed by atoms with Gasteiger partial charge in [-0.3, -0.25) is 4.79 Å². The number of carbonyl (C=O) groups is 1. The molecule has 0 aliphatic rings. The second-order valence-corrected chi connectivity index (χ2v) is 4.37. The normalized spacial score (nSPS) is 10.1. The molecule has 0 spiro atoms. The summed E-state index contributed by atoms with van der Waals surface area (Å²) in [6.07, 6.45) is 6.10. The number of ether oxygens (including phenoxy) is 1. The molecule has 0 aliphatic carbocycles. The van der Waals surface area contributed by atoms with Gasteiger partial charge in [-0.25, -0.2) is 9.97 Å². The van der Waals surface area contributed by atoms with Crippen LogP contribution in [0.3, 0.4) is 0 Å². The van der Waals surface area contributed by atoms with E-state index in [4.69, 9.17) is 4.74 Å². The molecule has 104 valence electrons. The largest absolute Gasteiger partial charge is 0.497 e. The van der Waals surface area contributed by atoms with E-state index in [1.807, 2.05) is 24.3 Å². The van der Waals surface area contributed by atoms with Crippen molar-refractivity contribution >= 4 is 5.91 Å². The lowest BCUT2D eigenvalue weighted by atomic mass is 10.1. The minimum Gasteiger partial charge on any atom is -0.497 e. The van der Waals surface area contributed by atoms with Crippen LogP contribution in [0.2, 0.25) is 0 Å². The van der Waals surface area contributed by atoms with Gasteiger partial charge in [0.25, 0.3) is 0 Å². The zero-order valence-corrected chi connectivity index (χ0v) is 11.4. The Hall–Kier alpha value is -2.43. The van der Waals surface area contributed by atoms with E-state index in [0.29, 0.717) is 13.0 Å². The summed E-state index contributed by atoms with van der Waals surface area (Å²) in [5.74, 6) is 0.797. The first-order chi connectivity index (χ1) is 9.78. The highest BCUT2D eigenvalue weighted by atomic mass is 16.5. The predicted molar refractivity (Wildman–Crippen MR) is 75.4 cm³/mol. The van der Waals surface area contributed by atoms with Crippen molar-refractivity contribution in [1.82, 2.24) is 15.3 Å². The zero-order chi connectivity index (χ0) is 14.2. The Morgan fingerprint density at radius 3 is 2.50 bits per heavy atom. The summed E-state index contributed by atoms with van der Waals surface area (Å²) in [7, 11) is 1.62. The van der Waals surface area contributed by atoms with Gasteiger partial charge in [0.15, 0.2) is 0 Å². The third-order valence-electron chi connectivity index (χ3n) is 2.87. The summed E-state index contributed by atoms with van der Waals surface area (Å²) in [6.45, 7) is 0.586. The molecule has 0 unspecified atom stereocenters. The van der Waals surface area contributed by atoms with Crippen molar-refractivity contribution in [2.45, 2.75) is 12.8 Å². The molecule has 1 aromatic heterocycles. The van der Waals surface area contributed by atoms with Crippen molar-refractivity contribution in [1.29, 1.82) is 0 Å². The lowest BCUT2D eigenvalue weighted by Crippen LogP contribution is -2.27. The Balaban J connectivity index is 1.74. The van der Waals surface area contributed by atoms with Crippen LogP contribution in [-0.4, -0.2) is 29.5 Å². The molecular weight excluding hydrogens is 254 g/mol. The van der Waals surface area contributed by atoms with Crippen LogP contribution in [0.15, 0.2) is 43.0 Å². The molecule has 0 saturated carbocycles. The Morgan fingerprint density at radius 1 is 1.15 bits per heavy atom. The molecule has 5 heteroatoms. The van der Waals surface area contributed by atoms with Crippen LogP contribution >= 0.6 is 0 Å². The summed E-state index contributed by atoms with van der Waals surface area (Å²) in [5.41, 5.74) is 1.98. The molecule has 1 aromatic carbocycles. The van der Waals surface area contributed by atoms with Gasteiger partial charge >= 0.3 is 0 Å². The number of carbonyl (C=O) groups excluding carboxylic acids is 1. The van der Waals surface area contributed by atoms with Crippen molar-refractivity contribution < 1.29 is 9.53 Å². The minimum atomic E-state index is 0.00650. The number of hydrogen-bond donors (Lipinski definition) is 1. The lowest BCUT2D eigenvalue weighted by molar-refractivity contribution is -0.120. The summed E-state index contributed by atoms with van der Waals surface area (Å²) in [6, 6.07) is 7.49. The second kappa shape index (κ2) is 7.23. The van der Waals surface area contributed by atoms with Crippen molar-refractivity contribution in [3.63, 3.8) is 0 Å². The van der Waals surface area contributed by atoms with Gasteiger partial charge < -0.3 is 10.1 Å². The average Bonchev–Trinajstić information content (AvgIpc) is 2.49. The molecule has 0 saturated heterocycles. The van der Waals surface area contributed by atoms with Crippen molar-refractivity contribution in [2.24, 2.45) is 0 Å². The number of hydrogen-bond acceptors (Lipinski definition) is 4. The van der Waals surface area contributed by atoms with Crippen LogP contribution in [0.1, 0.15) is 11.1 Å². The van der Waals surface area contributed by atoms with Crippen molar-refractivity contribution in [3.8, 4) is 5.75 Å². The molecule has 0 radical (unpaired) electrons. The van der Waals surface area contributed by atoms with Gasteiger partial charge in [-0.2, -0.15) is 0 Å². The molecule has 5 nitrogen and oxygen atoms in total. The standard InChI is InChI=1S/C15H17N3O2/c1-20-14-4-2-12(3-5-14)8-15(19)18-7-6-13-9-16-11-17-10-13/h2-5,9-11H,6-8H2,1H3,(H,18,19). The summed E-state index contributed by atoms with van der Waals surface area (Å²) >= 11 is 0. The molecule has 0 aliphatic heterocycles. The smallest absolute Gasteiger partial charge is 0.224 e. The highest BCUT2D eigenvalue weighted by Gasteiger charge is 2.03. The van der Waals surface area contributed by atoms with Crippen molar-refractivity contribution in [3.05, 3.63) is 54.1 Å². The molecule has 20 heavy (non-hydrogen) atoms. The second-order valence-electron chi connectivity index (χ2n) is 4.37. The summed E-state index contributed by atoms with van der Waals surface area (Å²) in [5, 5.41) is 2.88. The van der Waals surface area contributed by atoms with Gasteiger partial charge in [0.1, 0.15) is 12.1 Å². The molecule has 0 fully saturated rings. The van der Waals surface area contributed by atoms with E-state index >= 15 is 0 Å². The Kier molecular flexibility index (Phi) is 5.06. The molecule has 0 bridgehead atoms. The Morgan fingerprint density at radius 2 is 1.85 bits per heavy atom. The van der Waals surface area contributed by atoms with Crippen LogP contribution in [-0.2, 0) is 17.6 Å². The van der Waals surface area contributed by atoms with Crippen LogP contribution in [0, 0.1) is 0 Å². The van der Waals surface area contributed by atoms with Crippen LogP contribution < -0.4 is 10.1 Å². The molecule has 1 N–H and O–H groups in total. The molecule has 1 heterocycles. The van der Waals surface area contributed by atoms with Gasteiger partial charge in [-0.15, -0.1) is 0 Å². The molecule has 2 aromatic rings. The number of rotatable bonds is 6. The minimum absolute atomic E-state index is 0.00650. The van der Waals surface area contributed by atoms with E-state index in [2.05, 4.69) is 15.3 Å². The maximum absolute atomic E-state index is 11.8. The van der Waals surface area contributed by atoms with E-state index in [0.717, 1.165) is 23.3 Å². The van der Waals surface area contributed by atoms with Crippen molar-refractivity contribution in [2.75, 3.05) is 13.7 Å². The fraction of sp³-hybridized carbons (Fsp3) is 0.267. The molecule has 2 rings (SSSR count). The summed E-state index contributed by atoms with van der Waals surface area (Å²) < 4.78 is 5.08. The third-order valence-corrected chi connectivity index (χ3v) is 2.87. The maximum Gasteiger partial charge on any atom is 0.224 e. The number of aromatic nitrogens is 2. The number of nitrogens with one attached hydrogen (secondary N) is 1. The Labute approximate surface area is 118 Å². The lowest BCUT2D eigenvalue weighted by Gasteiger charge is -2.06. The zero-order valence-electron chi connectivity index (χ0n) is 11.4. The highest BCUT2D eigenvalue weighted by molar-refractivity contribution is 5.78. The highest BCUT2D eigenvalue weighted by Crippen LogP contribution is 2.11. The van der Waals surface area contributed by atoms with Gasteiger partial charge in [-0.05, 0) is 29.7 Å². The molecule has 1 amide bonds. The first-order valence-electron chi connectivity index (χ1n) is 6.41. The molecular formula is C15H17N3O2. The maximum atomic E-state index is 11.8. The monoisotopic (exact) mass is 271 g/mol. The number of methoxy groups -OCH3 is 1. The number of benzene rings is 1. The molecule has 0 atom stereocenters. The van der Waals surface area contributed by atoms with Gasteiger partial charge in [0, 0.05) is 18.9 Å². The van der Waals surface area contributed by atoms with E-state index in [9.17, 15) is 4.79 Å². The quantitative estimate of drug-likeness (QED) is 0.862. The van der Waals surface area contributed by atoms with Gasteiger partial charge in [0.05, 0.1) is 13.5 Å². The predicted octanol–water partition coefficient (Wildman–Crippen LogP) is 1.39. The average molecular weight is 271 g/mol. The SMILES string of the molecule is COc1ccc(CC(=O)NCCc2cncnc2)cc1. The van der Waals surface area contributed by atoms with E-state index in [-0.39, 0.29) is 5.91 Å². The topological polar surface area (TPSA) is 64.1 Å². The van der Waals surface area contributed by atoms with E-state index < -0.39 is 0 Å². The Bertz CT molecular complexity index is 541. The first kappa shape index (κ1) is 14.0. The fourth-order valence-corrected chi connectivity index (χ4v) is 1.80. The first-order valence-corrected chi connectivity index (χ1v) is 6.41. The number of amides is 1. The van der Waals surface area contributed by atoms with Crippen LogP contribution in [0.5, 0.6) is 5.75 Å². The van der Waals surface area contributed by atoms with Crippen LogP contribution in [0.4, 0.5) is 0 Å². The third kappa shape index (κ3) is 4.35. The fourth-order valence-electron chi connectivity index (χ4n) is 1.80. The summed E-state index contributed by atoms with van der Waals surface area (Å²) in [4.78, 5) is 19.6. The van der Waals surface area contributed by atoms with E-state index in [1.165, 1.54) is 6.33 Å². The van der Waals surface area contributed by atoms with Crippen LogP contribution in [0.25, 0.3) is 0 Å².